The SMILES string of the molecule is COC(=O)c1cccc(C(=O)Nc2nc(C)c(C(=O)Nc3ccccc3)s2)c1. The number of rotatable bonds is 5. The molecule has 0 aliphatic heterocycles. The van der Waals surface area contributed by atoms with Gasteiger partial charge in [0.2, 0.25) is 0 Å². The Hall–Kier alpha value is -3.52. The minimum absolute atomic E-state index is 0.272. The summed E-state index contributed by atoms with van der Waals surface area (Å²) in [4.78, 5) is 41.2. The van der Waals surface area contributed by atoms with Crippen molar-refractivity contribution < 1.29 is 19.1 Å². The zero-order valence-electron chi connectivity index (χ0n) is 15.2. The van der Waals surface area contributed by atoms with Gasteiger partial charge in [0.1, 0.15) is 4.88 Å². The monoisotopic (exact) mass is 395 g/mol. The van der Waals surface area contributed by atoms with E-state index in [1.807, 2.05) is 18.2 Å². The molecule has 0 atom stereocenters. The van der Waals surface area contributed by atoms with E-state index in [0.29, 0.717) is 21.4 Å². The second kappa shape index (κ2) is 8.45. The third kappa shape index (κ3) is 4.41. The molecule has 28 heavy (non-hydrogen) atoms. The van der Waals surface area contributed by atoms with Crippen LogP contribution >= 0.6 is 11.3 Å². The number of carbonyl (C=O) groups excluding carboxylic acids is 3. The second-order valence-electron chi connectivity index (χ2n) is 5.78. The highest BCUT2D eigenvalue weighted by Gasteiger charge is 2.18. The highest BCUT2D eigenvalue weighted by atomic mass is 32.1. The molecule has 1 aromatic heterocycles. The summed E-state index contributed by atoms with van der Waals surface area (Å²) in [5.74, 6) is -1.26. The molecule has 0 bridgehead atoms. The average molecular weight is 395 g/mol. The molecule has 8 heteroatoms. The maximum atomic E-state index is 12.5. The van der Waals surface area contributed by atoms with Crippen LogP contribution in [0.2, 0.25) is 0 Å². The smallest absolute Gasteiger partial charge is 0.337 e. The number of amides is 2. The number of anilines is 2. The molecule has 7 nitrogen and oxygen atoms in total. The number of aromatic nitrogens is 1. The van der Waals surface area contributed by atoms with Crippen molar-refractivity contribution in [3.63, 3.8) is 0 Å². The topological polar surface area (TPSA) is 97.4 Å². The lowest BCUT2D eigenvalue weighted by atomic mass is 10.1. The first-order chi connectivity index (χ1) is 13.5. The van der Waals surface area contributed by atoms with Gasteiger partial charge in [0, 0.05) is 11.3 Å². The van der Waals surface area contributed by atoms with E-state index >= 15 is 0 Å². The maximum absolute atomic E-state index is 12.5. The molecular formula is C20H17N3O4S. The van der Waals surface area contributed by atoms with Gasteiger partial charge in [0.25, 0.3) is 11.8 Å². The fourth-order valence-electron chi connectivity index (χ4n) is 2.44. The van der Waals surface area contributed by atoms with Crippen LogP contribution in [-0.4, -0.2) is 29.9 Å². The molecule has 142 valence electrons. The third-order valence-electron chi connectivity index (χ3n) is 3.80. The van der Waals surface area contributed by atoms with Crippen LogP contribution in [0.1, 0.15) is 36.1 Å². The fraction of sp³-hybridized carbons (Fsp3) is 0.100. The van der Waals surface area contributed by atoms with Crippen LogP contribution in [0, 0.1) is 6.92 Å². The Morgan fingerprint density at radius 3 is 2.36 bits per heavy atom. The molecule has 0 unspecified atom stereocenters. The summed E-state index contributed by atoms with van der Waals surface area (Å²) in [6.07, 6.45) is 0. The van der Waals surface area contributed by atoms with Gasteiger partial charge in [-0.05, 0) is 37.3 Å². The molecule has 0 saturated heterocycles. The quantitative estimate of drug-likeness (QED) is 0.642. The highest BCUT2D eigenvalue weighted by Crippen LogP contribution is 2.24. The largest absolute Gasteiger partial charge is 0.465 e. The van der Waals surface area contributed by atoms with Gasteiger partial charge >= 0.3 is 5.97 Å². The Morgan fingerprint density at radius 2 is 1.64 bits per heavy atom. The van der Waals surface area contributed by atoms with E-state index in [4.69, 9.17) is 0 Å². The van der Waals surface area contributed by atoms with E-state index in [0.717, 1.165) is 11.3 Å². The van der Waals surface area contributed by atoms with Gasteiger partial charge in [-0.3, -0.25) is 14.9 Å². The zero-order chi connectivity index (χ0) is 20.1. The number of carbonyl (C=O) groups is 3. The summed E-state index contributed by atoms with van der Waals surface area (Å²) in [5.41, 5.74) is 1.74. The minimum atomic E-state index is -0.528. The first kappa shape index (κ1) is 19.2. The van der Waals surface area contributed by atoms with Crippen molar-refractivity contribution >= 4 is 39.9 Å². The number of hydrogen-bond donors (Lipinski definition) is 2. The summed E-state index contributed by atoms with van der Waals surface area (Å²) < 4.78 is 4.66. The van der Waals surface area contributed by atoms with Crippen molar-refractivity contribution in [2.75, 3.05) is 17.7 Å². The highest BCUT2D eigenvalue weighted by molar-refractivity contribution is 7.17. The lowest BCUT2D eigenvalue weighted by molar-refractivity contribution is 0.0600. The van der Waals surface area contributed by atoms with E-state index < -0.39 is 11.9 Å². The molecule has 3 rings (SSSR count). The third-order valence-corrected chi connectivity index (χ3v) is 4.87. The van der Waals surface area contributed by atoms with Gasteiger partial charge in [0.05, 0.1) is 18.4 Å². The summed E-state index contributed by atoms with van der Waals surface area (Å²) in [7, 11) is 1.27. The summed E-state index contributed by atoms with van der Waals surface area (Å²) in [6.45, 7) is 1.70. The van der Waals surface area contributed by atoms with E-state index in [1.54, 1.807) is 37.3 Å². The molecule has 2 amide bonds. The summed E-state index contributed by atoms with van der Waals surface area (Å²) in [6, 6.07) is 15.2. The number of para-hydroxylation sites is 1. The predicted molar refractivity (Wildman–Crippen MR) is 107 cm³/mol. The number of thiazole rings is 1. The molecule has 3 aromatic rings. The van der Waals surface area contributed by atoms with Crippen molar-refractivity contribution in [2.24, 2.45) is 0 Å². The Balaban J connectivity index is 1.73. The van der Waals surface area contributed by atoms with E-state index in [2.05, 4.69) is 20.4 Å². The molecule has 1 heterocycles. The van der Waals surface area contributed by atoms with Crippen LogP contribution in [0.5, 0.6) is 0 Å². The Bertz CT molecular complexity index is 1030. The van der Waals surface area contributed by atoms with E-state index in [9.17, 15) is 14.4 Å². The number of methoxy groups -OCH3 is 1. The van der Waals surface area contributed by atoms with Crippen LogP contribution in [-0.2, 0) is 4.74 Å². The number of esters is 1. The number of ether oxygens (including phenoxy) is 1. The molecule has 0 radical (unpaired) electrons. The molecular weight excluding hydrogens is 378 g/mol. The average Bonchev–Trinajstić information content (AvgIpc) is 3.08. The van der Waals surface area contributed by atoms with Crippen LogP contribution in [0.25, 0.3) is 0 Å². The Labute approximate surface area is 165 Å². The lowest BCUT2D eigenvalue weighted by Gasteiger charge is -2.04. The fourth-order valence-corrected chi connectivity index (χ4v) is 3.30. The number of nitrogens with one attached hydrogen (secondary N) is 2. The molecule has 0 spiro atoms. The molecule has 2 aromatic carbocycles. The number of nitrogens with zero attached hydrogens (tertiary/aromatic N) is 1. The molecule has 2 N–H and O–H groups in total. The van der Waals surface area contributed by atoms with E-state index in [-0.39, 0.29) is 17.0 Å². The number of hydrogen-bond acceptors (Lipinski definition) is 6. The minimum Gasteiger partial charge on any atom is -0.465 e. The lowest BCUT2D eigenvalue weighted by Crippen LogP contribution is -2.13. The van der Waals surface area contributed by atoms with Crippen molar-refractivity contribution in [3.05, 3.63) is 76.3 Å². The first-order valence-corrected chi connectivity index (χ1v) is 9.13. The molecule has 0 aliphatic rings. The van der Waals surface area contributed by atoms with Crippen LogP contribution in [0.4, 0.5) is 10.8 Å². The zero-order valence-corrected chi connectivity index (χ0v) is 16.0. The van der Waals surface area contributed by atoms with Crippen LogP contribution in [0.15, 0.2) is 54.6 Å². The van der Waals surface area contributed by atoms with Crippen molar-refractivity contribution in [2.45, 2.75) is 6.92 Å². The molecule has 0 saturated carbocycles. The second-order valence-corrected chi connectivity index (χ2v) is 6.78. The first-order valence-electron chi connectivity index (χ1n) is 8.31. The normalized spacial score (nSPS) is 10.2. The summed E-state index contributed by atoms with van der Waals surface area (Å²) >= 11 is 1.08. The molecule has 0 aliphatic carbocycles. The van der Waals surface area contributed by atoms with Gasteiger partial charge in [-0.1, -0.05) is 35.6 Å². The van der Waals surface area contributed by atoms with Crippen LogP contribution < -0.4 is 10.6 Å². The number of aryl methyl sites for hydroxylation is 1. The van der Waals surface area contributed by atoms with Gasteiger partial charge in [0.15, 0.2) is 5.13 Å². The number of benzene rings is 2. The van der Waals surface area contributed by atoms with Gasteiger partial charge in [-0.15, -0.1) is 0 Å². The van der Waals surface area contributed by atoms with Crippen molar-refractivity contribution in [1.29, 1.82) is 0 Å². The van der Waals surface area contributed by atoms with Gasteiger partial charge in [-0.25, -0.2) is 9.78 Å². The van der Waals surface area contributed by atoms with Crippen LogP contribution in [0.3, 0.4) is 0 Å². The Morgan fingerprint density at radius 1 is 0.929 bits per heavy atom. The standard InChI is InChI=1S/C20H17N3O4S/c1-12-16(18(25)22-15-9-4-3-5-10-15)28-20(21-12)23-17(24)13-7-6-8-14(11-13)19(26)27-2/h3-11H,1-2H3,(H,22,25)(H,21,23,24). The van der Waals surface area contributed by atoms with E-state index in [1.165, 1.54) is 13.2 Å². The van der Waals surface area contributed by atoms with Crippen molar-refractivity contribution in [1.82, 2.24) is 4.98 Å². The van der Waals surface area contributed by atoms with Gasteiger partial charge in [-0.2, -0.15) is 0 Å². The van der Waals surface area contributed by atoms with Gasteiger partial charge < -0.3 is 10.1 Å². The summed E-state index contributed by atoms with van der Waals surface area (Å²) in [5, 5.41) is 5.75. The van der Waals surface area contributed by atoms with Crippen molar-refractivity contribution in [3.8, 4) is 0 Å². The predicted octanol–water partition coefficient (Wildman–Crippen LogP) is 3.74. The maximum Gasteiger partial charge on any atom is 0.337 e. The molecule has 0 fully saturated rings. The Kier molecular flexibility index (Phi) is 5.81.